The number of nitrogens with zero attached hydrogens (tertiary/aromatic N) is 2. The quantitative estimate of drug-likeness (QED) is 0.774. The summed E-state index contributed by atoms with van der Waals surface area (Å²) in [6.45, 7) is 4.46. The number of hydrogen-bond acceptors (Lipinski definition) is 3. The Labute approximate surface area is 95.9 Å². The minimum atomic E-state index is 0.0832. The molecule has 0 fully saturated rings. The van der Waals surface area contributed by atoms with Gasteiger partial charge in [-0.2, -0.15) is 10.5 Å². The zero-order valence-electron chi connectivity index (χ0n) is 9.53. The third kappa shape index (κ3) is 2.74. The minimum absolute atomic E-state index is 0.0832. The smallest absolute Gasteiger partial charge is 0.122 e. The van der Waals surface area contributed by atoms with Gasteiger partial charge in [-0.1, -0.05) is 6.92 Å². The molecule has 0 aliphatic heterocycles. The lowest BCUT2D eigenvalue weighted by Gasteiger charge is -2.14. The first-order valence-electron chi connectivity index (χ1n) is 5.26. The molecule has 0 amide bonds. The molecule has 0 saturated heterocycles. The lowest BCUT2D eigenvalue weighted by Crippen LogP contribution is -2.00. The Morgan fingerprint density at radius 1 is 1.38 bits per heavy atom. The van der Waals surface area contributed by atoms with E-state index in [2.05, 4.69) is 12.1 Å². The van der Waals surface area contributed by atoms with E-state index < -0.39 is 0 Å². The largest absolute Gasteiger partial charge is 0.494 e. The Balaban J connectivity index is 3.11. The summed E-state index contributed by atoms with van der Waals surface area (Å²) in [5.74, 6) is 0.851. The highest BCUT2D eigenvalue weighted by Crippen LogP contribution is 2.29. The van der Waals surface area contributed by atoms with E-state index in [1.165, 1.54) is 0 Å². The second-order valence-electron chi connectivity index (χ2n) is 3.56. The van der Waals surface area contributed by atoms with Crippen molar-refractivity contribution in [3.63, 3.8) is 0 Å². The molecule has 82 valence electrons. The van der Waals surface area contributed by atoms with Gasteiger partial charge < -0.3 is 4.74 Å². The zero-order valence-corrected chi connectivity index (χ0v) is 9.53. The van der Waals surface area contributed by atoms with Crippen LogP contribution < -0.4 is 4.74 Å². The van der Waals surface area contributed by atoms with E-state index in [0.29, 0.717) is 18.6 Å². The van der Waals surface area contributed by atoms with Crippen LogP contribution in [0.15, 0.2) is 18.2 Å². The zero-order chi connectivity index (χ0) is 12.0. The Hall–Kier alpha value is -2.00. The molecule has 1 unspecified atom stereocenters. The molecule has 1 atom stereocenters. The van der Waals surface area contributed by atoms with Crippen LogP contribution >= 0.6 is 0 Å². The van der Waals surface area contributed by atoms with Gasteiger partial charge in [-0.15, -0.1) is 0 Å². The third-order valence-electron chi connectivity index (χ3n) is 2.37. The molecule has 3 nitrogen and oxygen atoms in total. The monoisotopic (exact) mass is 214 g/mol. The van der Waals surface area contributed by atoms with Crippen LogP contribution in [-0.4, -0.2) is 6.61 Å². The number of hydrogen-bond donors (Lipinski definition) is 0. The maximum atomic E-state index is 8.84. The number of rotatable bonds is 4. The van der Waals surface area contributed by atoms with Gasteiger partial charge in [-0.05, 0) is 36.6 Å². The topological polar surface area (TPSA) is 56.8 Å². The summed E-state index contributed by atoms with van der Waals surface area (Å²) >= 11 is 0. The van der Waals surface area contributed by atoms with Gasteiger partial charge in [0.25, 0.3) is 0 Å². The molecular weight excluding hydrogens is 200 g/mol. The van der Waals surface area contributed by atoms with E-state index in [-0.39, 0.29) is 5.92 Å². The Kier molecular flexibility index (Phi) is 4.36. The molecule has 0 saturated carbocycles. The Morgan fingerprint density at radius 2 is 2.12 bits per heavy atom. The third-order valence-corrected chi connectivity index (χ3v) is 2.37. The summed E-state index contributed by atoms with van der Waals surface area (Å²) in [6, 6.07) is 9.55. The molecule has 0 spiro atoms. The van der Waals surface area contributed by atoms with Crippen LogP contribution in [0, 0.1) is 22.7 Å². The maximum absolute atomic E-state index is 8.84. The van der Waals surface area contributed by atoms with Crippen LogP contribution in [0.4, 0.5) is 0 Å². The van der Waals surface area contributed by atoms with Crippen molar-refractivity contribution < 1.29 is 4.74 Å². The second-order valence-corrected chi connectivity index (χ2v) is 3.56. The lowest BCUT2D eigenvalue weighted by molar-refractivity contribution is 0.334. The van der Waals surface area contributed by atoms with Crippen LogP contribution in [-0.2, 0) is 0 Å². The minimum Gasteiger partial charge on any atom is -0.494 e. The maximum Gasteiger partial charge on any atom is 0.122 e. The van der Waals surface area contributed by atoms with E-state index in [1.54, 1.807) is 18.2 Å². The highest BCUT2D eigenvalue weighted by molar-refractivity contribution is 5.44. The fourth-order valence-electron chi connectivity index (χ4n) is 1.54. The fourth-order valence-corrected chi connectivity index (χ4v) is 1.54. The summed E-state index contributed by atoms with van der Waals surface area (Å²) in [5.41, 5.74) is 1.53. The lowest BCUT2D eigenvalue weighted by atomic mass is 9.96. The number of benzene rings is 1. The molecule has 1 aromatic rings. The molecule has 1 aromatic carbocycles. The van der Waals surface area contributed by atoms with Gasteiger partial charge >= 0.3 is 0 Å². The van der Waals surface area contributed by atoms with E-state index >= 15 is 0 Å². The summed E-state index contributed by atoms with van der Waals surface area (Å²) in [4.78, 5) is 0. The van der Waals surface area contributed by atoms with Gasteiger partial charge in [0.1, 0.15) is 5.75 Å². The van der Waals surface area contributed by atoms with Crippen molar-refractivity contribution in [2.75, 3.05) is 6.61 Å². The standard InChI is InChI=1S/C13H14N2O/c1-3-16-13-5-4-11(9-15)8-12(13)10(2)6-7-14/h4-5,8,10H,3,6H2,1-2H3. The van der Waals surface area contributed by atoms with Crippen molar-refractivity contribution in [3.8, 4) is 17.9 Å². The van der Waals surface area contributed by atoms with Crippen molar-refractivity contribution >= 4 is 0 Å². The van der Waals surface area contributed by atoms with Crippen LogP contribution in [0.5, 0.6) is 5.75 Å². The highest BCUT2D eigenvalue weighted by atomic mass is 16.5. The van der Waals surface area contributed by atoms with Gasteiger partial charge in [0.2, 0.25) is 0 Å². The van der Waals surface area contributed by atoms with Crippen LogP contribution in [0.25, 0.3) is 0 Å². The van der Waals surface area contributed by atoms with Crippen molar-refractivity contribution in [3.05, 3.63) is 29.3 Å². The molecule has 0 N–H and O–H groups in total. The first kappa shape index (κ1) is 12.1. The SMILES string of the molecule is CCOc1ccc(C#N)cc1C(C)CC#N. The van der Waals surface area contributed by atoms with Crippen molar-refractivity contribution in [1.82, 2.24) is 0 Å². The predicted octanol–water partition coefficient (Wildman–Crippen LogP) is 2.97. The summed E-state index contributed by atoms with van der Waals surface area (Å²) < 4.78 is 5.49. The Morgan fingerprint density at radius 3 is 2.69 bits per heavy atom. The van der Waals surface area contributed by atoms with Crippen LogP contribution in [0.2, 0.25) is 0 Å². The van der Waals surface area contributed by atoms with E-state index in [9.17, 15) is 0 Å². The summed E-state index contributed by atoms with van der Waals surface area (Å²) in [5, 5.41) is 17.5. The van der Waals surface area contributed by atoms with Crippen LogP contribution in [0.1, 0.15) is 37.3 Å². The first-order chi connectivity index (χ1) is 7.72. The molecule has 1 rings (SSSR count). The van der Waals surface area contributed by atoms with Gasteiger partial charge in [-0.25, -0.2) is 0 Å². The molecule has 0 aliphatic carbocycles. The molecule has 0 radical (unpaired) electrons. The molecule has 0 heterocycles. The summed E-state index contributed by atoms with van der Waals surface area (Å²) in [7, 11) is 0. The van der Waals surface area contributed by atoms with E-state index in [0.717, 1.165) is 11.3 Å². The average Bonchev–Trinajstić information content (AvgIpc) is 2.30. The van der Waals surface area contributed by atoms with Gasteiger partial charge in [0.05, 0.1) is 24.3 Å². The summed E-state index contributed by atoms with van der Waals surface area (Å²) in [6.07, 6.45) is 0.426. The van der Waals surface area contributed by atoms with Crippen molar-refractivity contribution in [2.24, 2.45) is 0 Å². The molecule has 16 heavy (non-hydrogen) atoms. The molecule has 0 bridgehead atoms. The average molecular weight is 214 g/mol. The second kappa shape index (κ2) is 5.78. The molecule has 3 heteroatoms. The highest BCUT2D eigenvalue weighted by Gasteiger charge is 2.12. The molecular formula is C13H14N2O. The Bertz CT molecular complexity index is 440. The molecule has 0 aromatic heterocycles. The van der Waals surface area contributed by atoms with Crippen molar-refractivity contribution in [1.29, 1.82) is 10.5 Å². The molecule has 0 aliphatic rings. The van der Waals surface area contributed by atoms with Gasteiger partial charge in [0, 0.05) is 6.42 Å². The number of ether oxygens (including phenoxy) is 1. The van der Waals surface area contributed by atoms with E-state index in [1.807, 2.05) is 13.8 Å². The van der Waals surface area contributed by atoms with Crippen LogP contribution in [0.3, 0.4) is 0 Å². The van der Waals surface area contributed by atoms with E-state index in [4.69, 9.17) is 15.3 Å². The van der Waals surface area contributed by atoms with Gasteiger partial charge in [0.15, 0.2) is 0 Å². The first-order valence-corrected chi connectivity index (χ1v) is 5.26. The fraction of sp³-hybridized carbons (Fsp3) is 0.385. The van der Waals surface area contributed by atoms with Gasteiger partial charge in [-0.3, -0.25) is 0 Å². The number of nitriles is 2. The predicted molar refractivity (Wildman–Crippen MR) is 61.0 cm³/mol. The normalized spacial score (nSPS) is 11.2. The van der Waals surface area contributed by atoms with Crippen molar-refractivity contribution in [2.45, 2.75) is 26.2 Å².